The van der Waals surface area contributed by atoms with E-state index in [1.165, 1.54) is 0 Å². The van der Waals surface area contributed by atoms with Crippen molar-refractivity contribution in [1.29, 1.82) is 0 Å². The number of likely N-dealkylation sites (N-methyl/N-ethyl adjacent to an activating group) is 1. The molecule has 0 radical (unpaired) electrons. The highest BCUT2D eigenvalue weighted by molar-refractivity contribution is 8.74. The molecule has 6 heteroatoms. The molecule has 0 aromatic rings. The van der Waals surface area contributed by atoms with Gasteiger partial charge in [-0.25, -0.2) is 8.61 Å². The highest BCUT2D eigenvalue weighted by atomic mass is 33.1. The second-order valence-corrected chi connectivity index (χ2v) is 5.37. The normalized spacial score (nSPS) is 19.1. The molecule has 84 valence electrons. The number of hydrogen-bond donors (Lipinski definition) is 0. The molecule has 0 bridgehead atoms. The summed E-state index contributed by atoms with van der Waals surface area (Å²) in [6.07, 6.45) is 0. The zero-order chi connectivity index (χ0) is 10.2. The molecule has 14 heavy (non-hydrogen) atoms. The van der Waals surface area contributed by atoms with Crippen molar-refractivity contribution in [1.82, 2.24) is 8.61 Å². The maximum Gasteiger partial charge on any atom is 0.0603 e. The van der Waals surface area contributed by atoms with Gasteiger partial charge in [-0.1, -0.05) is 0 Å². The first kappa shape index (κ1) is 12.6. The zero-order valence-electron chi connectivity index (χ0n) is 8.77. The van der Waals surface area contributed by atoms with Crippen molar-refractivity contribution in [3.8, 4) is 0 Å². The third-order valence-electron chi connectivity index (χ3n) is 1.85. The van der Waals surface area contributed by atoms with Gasteiger partial charge < -0.3 is 9.47 Å². The third-order valence-corrected chi connectivity index (χ3v) is 4.52. The van der Waals surface area contributed by atoms with Crippen molar-refractivity contribution in [2.75, 3.05) is 53.6 Å². The fraction of sp³-hybridized carbons (Fsp3) is 1.00. The SMILES string of the molecule is COCCN(C)SSN1CCOCC1. The van der Waals surface area contributed by atoms with Gasteiger partial charge >= 0.3 is 0 Å². The van der Waals surface area contributed by atoms with Gasteiger partial charge in [0.05, 0.1) is 19.8 Å². The summed E-state index contributed by atoms with van der Waals surface area (Å²) in [4.78, 5) is 0. The van der Waals surface area contributed by atoms with Gasteiger partial charge in [-0.05, 0) is 7.05 Å². The van der Waals surface area contributed by atoms with E-state index in [4.69, 9.17) is 9.47 Å². The second-order valence-electron chi connectivity index (χ2n) is 3.03. The molecule has 4 nitrogen and oxygen atoms in total. The van der Waals surface area contributed by atoms with E-state index in [1.54, 1.807) is 29.1 Å². The quantitative estimate of drug-likeness (QED) is 0.508. The average molecular weight is 238 g/mol. The number of hydrogen-bond acceptors (Lipinski definition) is 6. The second kappa shape index (κ2) is 7.78. The van der Waals surface area contributed by atoms with Crippen LogP contribution in [0.25, 0.3) is 0 Å². The molecule has 1 aliphatic heterocycles. The number of methoxy groups -OCH3 is 1. The van der Waals surface area contributed by atoms with Gasteiger partial charge in [-0.15, -0.1) is 0 Å². The van der Waals surface area contributed by atoms with Crippen LogP contribution in [0.15, 0.2) is 0 Å². The van der Waals surface area contributed by atoms with Gasteiger partial charge in [-0.2, -0.15) is 0 Å². The lowest BCUT2D eigenvalue weighted by Gasteiger charge is -2.26. The molecular formula is C8H18N2O2S2. The van der Waals surface area contributed by atoms with Crippen molar-refractivity contribution in [3.05, 3.63) is 0 Å². The fourth-order valence-corrected chi connectivity index (χ4v) is 2.93. The van der Waals surface area contributed by atoms with Crippen LogP contribution in [0.4, 0.5) is 0 Å². The van der Waals surface area contributed by atoms with Crippen LogP contribution in [0.5, 0.6) is 0 Å². The summed E-state index contributed by atoms with van der Waals surface area (Å²) in [6, 6.07) is 0. The Morgan fingerprint density at radius 2 is 2.14 bits per heavy atom. The fourth-order valence-electron chi connectivity index (χ4n) is 0.982. The lowest BCUT2D eigenvalue weighted by molar-refractivity contribution is 0.0779. The molecule has 0 amide bonds. The van der Waals surface area contributed by atoms with Crippen LogP contribution in [-0.4, -0.2) is 62.2 Å². The van der Waals surface area contributed by atoms with Crippen LogP contribution in [-0.2, 0) is 9.47 Å². The third kappa shape index (κ3) is 5.43. The van der Waals surface area contributed by atoms with Crippen molar-refractivity contribution in [2.24, 2.45) is 0 Å². The molecule has 0 N–H and O–H groups in total. The first-order chi connectivity index (χ1) is 6.83. The van der Waals surface area contributed by atoms with Crippen molar-refractivity contribution >= 4 is 22.0 Å². The molecule has 1 heterocycles. The van der Waals surface area contributed by atoms with Crippen LogP contribution in [0.2, 0.25) is 0 Å². The van der Waals surface area contributed by atoms with E-state index in [0.29, 0.717) is 0 Å². The Morgan fingerprint density at radius 1 is 1.43 bits per heavy atom. The van der Waals surface area contributed by atoms with E-state index in [9.17, 15) is 0 Å². The standard InChI is InChI=1S/C8H18N2O2S2/c1-9(3-6-11-2)13-14-10-4-7-12-8-5-10/h3-8H2,1-2H3. The molecule has 0 saturated carbocycles. The largest absolute Gasteiger partial charge is 0.383 e. The van der Waals surface area contributed by atoms with E-state index in [2.05, 4.69) is 15.7 Å². The Morgan fingerprint density at radius 3 is 2.79 bits per heavy atom. The summed E-state index contributed by atoms with van der Waals surface area (Å²) < 4.78 is 14.8. The topological polar surface area (TPSA) is 24.9 Å². The molecule has 0 atom stereocenters. The zero-order valence-corrected chi connectivity index (χ0v) is 10.4. The van der Waals surface area contributed by atoms with E-state index in [-0.39, 0.29) is 0 Å². The predicted octanol–water partition coefficient (Wildman–Crippen LogP) is 1.11. The Bertz CT molecular complexity index is 145. The van der Waals surface area contributed by atoms with Crippen LogP contribution in [0.3, 0.4) is 0 Å². The summed E-state index contributed by atoms with van der Waals surface area (Å²) in [7, 11) is 7.37. The van der Waals surface area contributed by atoms with Gasteiger partial charge in [0, 0.05) is 48.7 Å². The van der Waals surface area contributed by atoms with Crippen molar-refractivity contribution < 1.29 is 9.47 Å². The minimum Gasteiger partial charge on any atom is -0.383 e. The average Bonchev–Trinajstić information content (AvgIpc) is 2.25. The number of ether oxygens (including phenoxy) is 2. The summed E-state index contributed by atoms with van der Waals surface area (Å²) in [6.45, 7) is 5.50. The lowest BCUT2D eigenvalue weighted by atomic mass is 10.5. The molecule has 0 aliphatic carbocycles. The van der Waals surface area contributed by atoms with Crippen molar-refractivity contribution in [3.63, 3.8) is 0 Å². The molecule has 0 unspecified atom stereocenters. The lowest BCUT2D eigenvalue weighted by Crippen LogP contribution is -2.31. The molecule has 1 saturated heterocycles. The Hall–Kier alpha value is 0.540. The molecule has 0 spiro atoms. The highest BCUT2D eigenvalue weighted by Crippen LogP contribution is 2.28. The van der Waals surface area contributed by atoms with E-state index in [1.807, 2.05) is 0 Å². The maximum atomic E-state index is 5.27. The minimum atomic E-state index is 0.785. The molecule has 0 aromatic carbocycles. The van der Waals surface area contributed by atoms with Crippen LogP contribution in [0, 0.1) is 0 Å². The van der Waals surface area contributed by atoms with Gasteiger partial charge in [-0.3, -0.25) is 0 Å². The minimum absolute atomic E-state index is 0.785. The first-order valence-electron chi connectivity index (χ1n) is 4.70. The monoisotopic (exact) mass is 238 g/mol. The number of morpholine rings is 1. The number of nitrogens with zero attached hydrogens (tertiary/aromatic N) is 2. The summed E-state index contributed by atoms with van der Waals surface area (Å²) in [5.74, 6) is 0. The molecule has 0 aromatic heterocycles. The molecule has 1 fully saturated rings. The molecule has 1 aliphatic rings. The summed E-state index contributed by atoms with van der Waals surface area (Å²) >= 11 is 0. The van der Waals surface area contributed by atoms with E-state index < -0.39 is 0 Å². The van der Waals surface area contributed by atoms with Gasteiger partial charge in [0.25, 0.3) is 0 Å². The van der Waals surface area contributed by atoms with Crippen molar-refractivity contribution in [2.45, 2.75) is 0 Å². The number of rotatable bonds is 6. The summed E-state index contributed by atoms with van der Waals surface area (Å²) in [5.41, 5.74) is 0. The smallest absolute Gasteiger partial charge is 0.0603 e. The highest BCUT2D eigenvalue weighted by Gasteiger charge is 2.12. The van der Waals surface area contributed by atoms with Crippen LogP contribution < -0.4 is 0 Å². The van der Waals surface area contributed by atoms with Gasteiger partial charge in [0.15, 0.2) is 0 Å². The first-order valence-corrected chi connectivity index (χ1v) is 6.77. The summed E-state index contributed by atoms with van der Waals surface area (Å²) in [5, 5.41) is 0. The van der Waals surface area contributed by atoms with Crippen LogP contribution >= 0.6 is 22.0 Å². The predicted molar refractivity (Wildman–Crippen MR) is 62.1 cm³/mol. The molecule has 1 rings (SSSR count). The maximum absolute atomic E-state index is 5.27. The Balaban J connectivity index is 2.00. The van der Waals surface area contributed by atoms with Crippen LogP contribution in [0.1, 0.15) is 0 Å². The Kier molecular flexibility index (Phi) is 7.01. The molecular weight excluding hydrogens is 220 g/mol. The van der Waals surface area contributed by atoms with E-state index in [0.717, 1.165) is 39.5 Å². The van der Waals surface area contributed by atoms with Gasteiger partial charge in [0.2, 0.25) is 0 Å². The van der Waals surface area contributed by atoms with E-state index >= 15 is 0 Å². The van der Waals surface area contributed by atoms with Gasteiger partial charge in [0.1, 0.15) is 0 Å². The Labute approximate surface area is 94.0 Å².